The molecule has 0 bridgehead atoms. The molecule has 0 aliphatic carbocycles. The highest BCUT2D eigenvalue weighted by atomic mass is 16.5. The zero-order valence-electron chi connectivity index (χ0n) is 12.5. The van der Waals surface area contributed by atoms with Crippen molar-refractivity contribution in [3.63, 3.8) is 0 Å². The summed E-state index contributed by atoms with van der Waals surface area (Å²) in [6, 6.07) is 8.46. The van der Waals surface area contributed by atoms with Gasteiger partial charge in [-0.3, -0.25) is 9.69 Å². The fourth-order valence-corrected chi connectivity index (χ4v) is 3.22. The molecule has 1 saturated heterocycles. The first-order chi connectivity index (χ1) is 10.3. The molecule has 1 aromatic heterocycles. The molecule has 4 nitrogen and oxygen atoms in total. The number of esters is 1. The van der Waals surface area contributed by atoms with Crippen LogP contribution in [-0.4, -0.2) is 42.1 Å². The predicted octanol–water partition coefficient (Wildman–Crippen LogP) is 2.91. The number of piperidine rings is 1. The summed E-state index contributed by atoms with van der Waals surface area (Å²) < 4.78 is 5.02. The minimum absolute atomic E-state index is 0.108. The van der Waals surface area contributed by atoms with E-state index in [0.29, 0.717) is 19.1 Å². The minimum atomic E-state index is -0.108. The molecule has 1 N–H and O–H groups in total. The normalized spacial score (nSPS) is 17.2. The molecule has 0 atom stereocenters. The summed E-state index contributed by atoms with van der Waals surface area (Å²) in [4.78, 5) is 17.1. The van der Waals surface area contributed by atoms with E-state index in [1.165, 1.54) is 16.5 Å². The van der Waals surface area contributed by atoms with E-state index in [9.17, 15) is 4.79 Å². The molecule has 0 unspecified atom stereocenters. The molecule has 1 aliphatic heterocycles. The van der Waals surface area contributed by atoms with Crippen molar-refractivity contribution in [3.05, 3.63) is 36.0 Å². The first-order valence-electron chi connectivity index (χ1n) is 7.72. The third-order valence-corrected chi connectivity index (χ3v) is 4.31. The highest BCUT2D eigenvalue weighted by Gasteiger charge is 2.24. The Morgan fingerprint density at radius 1 is 1.33 bits per heavy atom. The van der Waals surface area contributed by atoms with Crippen LogP contribution >= 0.6 is 0 Å². The van der Waals surface area contributed by atoms with Crippen LogP contribution in [0.1, 0.15) is 31.2 Å². The van der Waals surface area contributed by atoms with Gasteiger partial charge in [0, 0.05) is 17.1 Å². The summed E-state index contributed by atoms with van der Waals surface area (Å²) in [6.07, 6.45) is 4.35. The lowest BCUT2D eigenvalue weighted by atomic mass is 9.89. The highest BCUT2D eigenvalue weighted by molar-refractivity contribution is 5.83. The van der Waals surface area contributed by atoms with Gasteiger partial charge in [0.25, 0.3) is 0 Å². The molecule has 4 heteroatoms. The summed E-state index contributed by atoms with van der Waals surface area (Å²) in [5.74, 6) is 0.475. The van der Waals surface area contributed by atoms with Gasteiger partial charge >= 0.3 is 5.97 Å². The largest absolute Gasteiger partial charge is 0.465 e. The number of rotatable bonds is 4. The number of ether oxygens (including phenoxy) is 1. The number of benzene rings is 1. The molecule has 0 saturated carbocycles. The summed E-state index contributed by atoms with van der Waals surface area (Å²) in [5.41, 5.74) is 2.63. The van der Waals surface area contributed by atoms with Gasteiger partial charge in [0.05, 0.1) is 13.2 Å². The maximum absolute atomic E-state index is 11.5. The van der Waals surface area contributed by atoms with E-state index in [-0.39, 0.29) is 5.97 Å². The van der Waals surface area contributed by atoms with Crippen LogP contribution in [0.4, 0.5) is 0 Å². The third kappa shape index (κ3) is 3.10. The van der Waals surface area contributed by atoms with Gasteiger partial charge in [0.15, 0.2) is 0 Å². The Bertz CT molecular complexity index is 612. The third-order valence-electron chi connectivity index (χ3n) is 4.31. The number of likely N-dealkylation sites (tertiary alicyclic amines) is 1. The molecule has 1 fully saturated rings. The van der Waals surface area contributed by atoms with Crippen LogP contribution in [-0.2, 0) is 9.53 Å². The second kappa shape index (κ2) is 6.31. The van der Waals surface area contributed by atoms with Crippen molar-refractivity contribution < 1.29 is 9.53 Å². The molecule has 1 aromatic carbocycles. The average Bonchev–Trinajstić information content (AvgIpc) is 2.92. The number of aromatic nitrogens is 1. The van der Waals surface area contributed by atoms with Crippen LogP contribution in [0.15, 0.2) is 30.5 Å². The second-order valence-electron chi connectivity index (χ2n) is 5.65. The fourth-order valence-electron chi connectivity index (χ4n) is 3.22. The monoisotopic (exact) mass is 286 g/mol. The van der Waals surface area contributed by atoms with E-state index in [1.54, 1.807) is 0 Å². The number of carbonyl (C=O) groups is 1. The van der Waals surface area contributed by atoms with Gasteiger partial charge in [0.1, 0.15) is 0 Å². The first kappa shape index (κ1) is 14.1. The molecule has 112 valence electrons. The van der Waals surface area contributed by atoms with Crippen LogP contribution in [0.25, 0.3) is 10.9 Å². The molecule has 21 heavy (non-hydrogen) atoms. The number of aromatic amines is 1. The van der Waals surface area contributed by atoms with E-state index < -0.39 is 0 Å². The van der Waals surface area contributed by atoms with Gasteiger partial charge in [-0.05, 0) is 50.4 Å². The standard InChI is InChI=1S/C17H22N2O2/c1-2-21-17(20)12-19-9-7-13(8-10-19)15-11-18-16-6-4-3-5-14(15)16/h3-6,11,13,18H,2,7-10,12H2,1H3. The topological polar surface area (TPSA) is 45.3 Å². The molecule has 0 radical (unpaired) electrons. The predicted molar refractivity (Wildman–Crippen MR) is 83.3 cm³/mol. The summed E-state index contributed by atoms with van der Waals surface area (Å²) in [7, 11) is 0. The highest BCUT2D eigenvalue weighted by Crippen LogP contribution is 2.32. The SMILES string of the molecule is CCOC(=O)CN1CCC(c2c[nH]c3ccccc23)CC1. The van der Waals surface area contributed by atoms with E-state index in [2.05, 4.69) is 40.3 Å². The molecule has 1 aliphatic rings. The number of hydrogen-bond donors (Lipinski definition) is 1. The number of nitrogens with one attached hydrogen (secondary N) is 1. The van der Waals surface area contributed by atoms with Gasteiger partial charge in [-0.15, -0.1) is 0 Å². The Labute approximate surface area is 125 Å². The molecule has 2 aromatic rings. The van der Waals surface area contributed by atoms with Crippen LogP contribution in [0.5, 0.6) is 0 Å². The quantitative estimate of drug-likeness (QED) is 0.879. The Hall–Kier alpha value is -1.81. The van der Waals surface area contributed by atoms with Crippen LogP contribution in [0.2, 0.25) is 0 Å². The van der Waals surface area contributed by atoms with Crippen molar-refractivity contribution in [2.45, 2.75) is 25.7 Å². The van der Waals surface area contributed by atoms with Gasteiger partial charge < -0.3 is 9.72 Å². The lowest BCUT2D eigenvalue weighted by Gasteiger charge is -2.31. The van der Waals surface area contributed by atoms with Crippen molar-refractivity contribution >= 4 is 16.9 Å². The lowest BCUT2D eigenvalue weighted by molar-refractivity contribution is -0.144. The number of fused-ring (bicyclic) bond motifs is 1. The van der Waals surface area contributed by atoms with Gasteiger partial charge in [-0.25, -0.2) is 0 Å². The second-order valence-corrected chi connectivity index (χ2v) is 5.65. The van der Waals surface area contributed by atoms with E-state index >= 15 is 0 Å². The average molecular weight is 286 g/mol. The van der Waals surface area contributed by atoms with Crippen molar-refractivity contribution in [2.24, 2.45) is 0 Å². The zero-order valence-corrected chi connectivity index (χ0v) is 12.5. The smallest absolute Gasteiger partial charge is 0.320 e. The molecule has 0 spiro atoms. The molecule has 3 rings (SSSR count). The van der Waals surface area contributed by atoms with Crippen LogP contribution in [0.3, 0.4) is 0 Å². The summed E-state index contributed by atoms with van der Waals surface area (Å²) in [6.45, 7) is 4.66. The number of hydrogen-bond acceptors (Lipinski definition) is 3. The summed E-state index contributed by atoms with van der Waals surface area (Å²) in [5, 5.41) is 1.33. The Kier molecular flexibility index (Phi) is 4.25. The first-order valence-corrected chi connectivity index (χ1v) is 7.72. The maximum Gasteiger partial charge on any atom is 0.320 e. The number of para-hydroxylation sites is 1. The van der Waals surface area contributed by atoms with E-state index in [0.717, 1.165) is 25.9 Å². The molecule has 0 amide bonds. The van der Waals surface area contributed by atoms with Crippen molar-refractivity contribution in [2.75, 3.05) is 26.2 Å². The summed E-state index contributed by atoms with van der Waals surface area (Å²) >= 11 is 0. The van der Waals surface area contributed by atoms with Gasteiger partial charge in [0.2, 0.25) is 0 Å². The van der Waals surface area contributed by atoms with Crippen molar-refractivity contribution in [3.8, 4) is 0 Å². The Morgan fingerprint density at radius 3 is 2.86 bits per heavy atom. The number of H-pyrrole nitrogens is 1. The fraction of sp³-hybridized carbons (Fsp3) is 0.471. The van der Waals surface area contributed by atoms with E-state index in [4.69, 9.17) is 4.74 Å². The Balaban J connectivity index is 1.62. The number of nitrogens with zero attached hydrogens (tertiary/aromatic N) is 1. The molecular formula is C17H22N2O2. The minimum Gasteiger partial charge on any atom is -0.465 e. The molecule has 2 heterocycles. The number of carbonyl (C=O) groups excluding carboxylic acids is 1. The Morgan fingerprint density at radius 2 is 2.10 bits per heavy atom. The maximum atomic E-state index is 11.5. The van der Waals surface area contributed by atoms with E-state index in [1.807, 2.05) is 6.92 Å². The van der Waals surface area contributed by atoms with Gasteiger partial charge in [-0.2, -0.15) is 0 Å². The molecular weight excluding hydrogens is 264 g/mol. The van der Waals surface area contributed by atoms with Crippen molar-refractivity contribution in [1.29, 1.82) is 0 Å². The van der Waals surface area contributed by atoms with Gasteiger partial charge in [-0.1, -0.05) is 18.2 Å². The lowest BCUT2D eigenvalue weighted by Crippen LogP contribution is -2.37. The zero-order chi connectivity index (χ0) is 14.7. The van der Waals surface area contributed by atoms with Crippen LogP contribution in [0, 0.1) is 0 Å². The van der Waals surface area contributed by atoms with Crippen LogP contribution < -0.4 is 0 Å². The van der Waals surface area contributed by atoms with Crippen molar-refractivity contribution in [1.82, 2.24) is 9.88 Å².